The van der Waals surface area contributed by atoms with Crippen molar-refractivity contribution in [2.24, 2.45) is 11.1 Å². The lowest BCUT2D eigenvalue weighted by Gasteiger charge is -2.28. The van der Waals surface area contributed by atoms with Crippen LogP contribution in [0.5, 0.6) is 0 Å². The second-order valence-electron chi connectivity index (χ2n) is 6.55. The zero-order valence-electron chi connectivity index (χ0n) is 13.8. The second kappa shape index (κ2) is 7.56. The number of amides is 1. The van der Waals surface area contributed by atoms with Crippen LogP contribution in [0.15, 0.2) is 10.7 Å². The maximum absolute atomic E-state index is 12.1. The molecular formula is C15H28N4O2. The van der Waals surface area contributed by atoms with E-state index in [2.05, 4.69) is 29.0 Å². The molecule has 3 N–H and O–H groups in total. The van der Waals surface area contributed by atoms with Gasteiger partial charge in [0.1, 0.15) is 6.26 Å². The van der Waals surface area contributed by atoms with Crippen molar-refractivity contribution in [2.45, 2.75) is 39.7 Å². The zero-order chi connectivity index (χ0) is 16.0. The molecule has 0 aliphatic rings. The number of hydrogen-bond donors (Lipinski definition) is 2. The summed E-state index contributed by atoms with van der Waals surface area (Å²) in [6.45, 7) is 7.73. The summed E-state index contributed by atoms with van der Waals surface area (Å²) in [5.41, 5.74) is 6.20. The van der Waals surface area contributed by atoms with Crippen LogP contribution in [0.1, 0.15) is 56.0 Å². The van der Waals surface area contributed by atoms with Gasteiger partial charge in [0.05, 0.1) is 6.04 Å². The lowest BCUT2D eigenvalue weighted by atomic mass is 9.93. The predicted octanol–water partition coefficient (Wildman–Crippen LogP) is 1.79. The number of carbonyl (C=O) groups is 1. The number of oxazole rings is 1. The van der Waals surface area contributed by atoms with Gasteiger partial charge in [-0.2, -0.15) is 0 Å². The number of aromatic nitrogens is 1. The first kappa shape index (κ1) is 17.7. The minimum atomic E-state index is -0.248. The van der Waals surface area contributed by atoms with E-state index in [1.54, 1.807) is 0 Å². The van der Waals surface area contributed by atoms with E-state index in [-0.39, 0.29) is 23.1 Å². The van der Waals surface area contributed by atoms with Gasteiger partial charge >= 0.3 is 0 Å². The summed E-state index contributed by atoms with van der Waals surface area (Å²) in [4.78, 5) is 18.4. The van der Waals surface area contributed by atoms with E-state index in [0.29, 0.717) is 12.4 Å². The first-order chi connectivity index (χ1) is 9.75. The van der Waals surface area contributed by atoms with Crippen LogP contribution < -0.4 is 11.1 Å². The monoisotopic (exact) mass is 296 g/mol. The molecule has 1 heterocycles. The van der Waals surface area contributed by atoms with Gasteiger partial charge in [-0.15, -0.1) is 0 Å². The van der Waals surface area contributed by atoms with E-state index in [4.69, 9.17) is 10.2 Å². The zero-order valence-corrected chi connectivity index (χ0v) is 13.8. The highest BCUT2D eigenvalue weighted by molar-refractivity contribution is 5.91. The van der Waals surface area contributed by atoms with Crippen LogP contribution in [-0.2, 0) is 0 Å². The number of carbonyl (C=O) groups excluding carboxylic acids is 1. The van der Waals surface area contributed by atoms with Gasteiger partial charge in [0.2, 0.25) is 5.89 Å². The average Bonchev–Trinajstić information content (AvgIpc) is 2.84. The number of hydrogen-bond acceptors (Lipinski definition) is 5. The van der Waals surface area contributed by atoms with Crippen LogP contribution in [-0.4, -0.2) is 43.0 Å². The van der Waals surface area contributed by atoms with Gasteiger partial charge in [-0.05, 0) is 25.9 Å². The third-order valence-corrected chi connectivity index (χ3v) is 3.14. The summed E-state index contributed by atoms with van der Waals surface area (Å²) < 4.78 is 5.29. The fourth-order valence-electron chi connectivity index (χ4n) is 2.32. The van der Waals surface area contributed by atoms with Gasteiger partial charge in [0.15, 0.2) is 5.69 Å². The van der Waals surface area contributed by atoms with Crippen LogP contribution >= 0.6 is 0 Å². The van der Waals surface area contributed by atoms with E-state index >= 15 is 0 Å². The average molecular weight is 296 g/mol. The van der Waals surface area contributed by atoms with Gasteiger partial charge in [-0.3, -0.25) is 4.79 Å². The first-order valence-electron chi connectivity index (χ1n) is 7.39. The van der Waals surface area contributed by atoms with E-state index in [1.807, 2.05) is 21.0 Å². The van der Waals surface area contributed by atoms with Crippen molar-refractivity contribution in [1.29, 1.82) is 0 Å². The smallest absolute Gasteiger partial charge is 0.273 e. The molecule has 0 fully saturated rings. The van der Waals surface area contributed by atoms with Crippen molar-refractivity contribution in [3.8, 4) is 0 Å². The quantitative estimate of drug-likeness (QED) is 0.764. The molecule has 120 valence electrons. The molecule has 0 aliphatic carbocycles. The van der Waals surface area contributed by atoms with Gasteiger partial charge < -0.3 is 20.4 Å². The Hall–Kier alpha value is -1.40. The molecule has 0 saturated carbocycles. The topological polar surface area (TPSA) is 84.4 Å². The highest BCUT2D eigenvalue weighted by atomic mass is 16.3. The van der Waals surface area contributed by atoms with E-state index in [9.17, 15) is 4.79 Å². The van der Waals surface area contributed by atoms with E-state index in [1.165, 1.54) is 6.26 Å². The Balaban J connectivity index is 2.56. The molecule has 1 rings (SSSR count). The third-order valence-electron chi connectivity index (χ3n) is 3.14. The summed E-state index contributed by atoms with van der Waals surface area (Å²) in [6, 6.07) is -0.248. The summed E-state index contributed by atoms with van der Waals surface area (Å²) >= 11 is 0. The molecule has 6 nitrogen and oxygen atoms in total. The molecule has 1 aromatic heterocycles. The molecule has 6 heteroatoms. The van der Waals surface area contributed by atoms with Crippen LogP contribution in [0.2, 0.25) is 0 Å². The van der Waals surface area contributed by atoms with Crippen LogP contribution in [0.3, 0.4) is 0 Å². The SMILES string of the molecule is CCCC(N)c1nc(C(=O)NCC(C)(C)CN(C)C)co1. The maximum Gasteiger partial charge on any atom is 0.273 e. The number of nitrogens with one attached hydrogen (secondary N) is 1. The van der Waals surface area contributed by atoms with Crippen molar-refractivity contribution >= 4 is 5.91 Å². The molecular weight excluding hydrogens is 268 g/mol. The second-order valence-corrected chi connectivity index (χ2v) is 6.55. The number of nitrogens with two attached hydrogens (primary N) is 1. The molecule has 1 atom stereocenters. The number of rotatable bonds is 8. The molecule has 0 aromatic carbocycles. The highest BCUT2D eigenvalue weighted by Crippen LogP contribution is 2.16. The van der Waals surface area contributed by atoms with E-state index < -0.39 is 0 Å². The van der Waals surface area contributed by atoms with Crippen molar-refractivity contribution in [2.75, 3.05) is 27.2 Å². The lowest BCUT2D eigenvalue weighted by molar-refractivity contribution is 0.0924. The summed E-state index contributed by atoms with van der Waals surface area (Å²) in [5.74, 6) is 0.204. The fraction of sp³-hybridized carbons (Fsp3) is 0.733. The van der Waals surface area contributed by atoms with Crippen molar-refractivity contribution in [3.63, 3.8) is 0 Å². The van der Waals surface area contributed by atoms with Crippen molar-refractivity contribution < 1.29 is 9.21 Å². The standard InChI is InChI=1S/C15H28N4O2/c1-6-7-11(16)14-18-12(8-21-14)13(20)17-9-15(2,3)10-19(4)5/h8,11H,6-7,9-10,16H2,1-5H3,(H,17,20). The Morgan fingerprint density at radius 2 is 2.19 bits per heavy atom. The predicted molar refractivity (Wildman–Crippen MR) is 83.0 cm³/mol. The Labute approximate surface area is 127 Å². The Bertz CT molecular complexity index is 454. The summed E-state index contributed by atoms with van der Waals surface area (Å²) in [6.07, 6.45) is 3.11. The Morgan fingerprint density at radius 3 is 2.76 bits per heavy atom. The van der Waals surface area contributed by atoms with Crippen LogP contribution in [0.4, 0.5) is 0 Å². The molecule has 0 saturated heterocycles. The molecule has 0 spiro atoms. The Morgan fingerprint density at radius 1 is 1.52 bits per heavy atom. The van der Waals surface area contributed by atoms with Crippen LogP contribution in [0, 0.1) is 5.41 Å². The van der Waals surface area contributed by atoms with Gasteiger partial charge in [-0.25, -0.2) is 4.98 Å². The van der Waals surface area contributed by atoms with Crippen molar-refractivity contribution in [3.05, 3.63) is 17.8 Å². The fourth-order valence-corrected chi connectivity index (χ4v) is 2.32. The lowest BCUT2D eigenvalue weighted by Crippen LogP contribution is -2.40. The Kier molecular flexibility index (Phi) is 6.36. The molecule has 1 amide bonds. The van der Waals surface area contributed by atoms with Gasteiger partial charge in [0, 0.05) is 13.1 Å². The molecule has 1 aromatic rings. The first-order valence-corrected chi connectivity index (χ1v) is 7.39. The summed E-state index contributed by atoms with van der Waals surface area (Å²) in [5, 5.41) is 2.90. The maximum atomic E-state index is 12.1. The van der Waals surface area contributed by atoms with Crippen molar-refractivity contribution in [1.82, 2.24) is 15.2 Å². The normalized spacial score (nSPS) is 13.5. The largest absolute Gasteiger partial charge is 0.446 e. The molecule has 0 bridgehead atoms. The molecule has 21 heavy (non-hydrogen) atoms. The van der Waals surface area contributed by atoms with Gasteiger partial charge in [-0.1, -0.05) is 27.2 Å². The molecule has 1 unspecified atom stereocenters. The van der Waals surface area contributed by atoms with Gasteiger partial charge in [0.25, 0.3) is 5.91 Å². The highest BCUT2D eigenvalue weighted by Gasteiger charge is 2.22. The summed E-state index contributed by atoms with van der Waals surface area (Å²) in [7, 11) is 4.03. The molecule has 0 radical (unpaired) electrons. The third kappa shape index (κ3) is 5.85. The van der Waals surface area contributed by atoms with Crippen LogP contribution in [0.25, 0.3) is 0 Å². The van der Waals surface area contributed by atoms with E-state index in [0.717, 1.165) is 19.4 Å². The minimum Gasteiger partial charge on any atom is -0.446 e. The molecule has 0 aliphatic heterocycles. The minimum absolute atomic E-state index is 0.00958. The number of nitrogens with zero attached hydrogens (tertiary/aromatic N) is 2.